The molecule has 6 heteroatoms. The third-order valence-electron chi connectivity index (χ3n) is 2.63. The van der Waals surface area contributed by atoms with Crippen LogP contribution in [0, 0.1) is 0 Å². The number of hydrogen-bond acceptors (Lipinski definition) is 6. The predicted octanol–water partition coefficient (Wildman–Crippen LogP) is 0.697. The summed E-state index contributed by atoms with van der Waals surface area (Å²) in [6.45, 7) is 7.42. The van der Waals surface area contributed by atoms with Crippen molar-refractivity contribution in [2.75, 3.05) is 36.9 Å². The van der Waals surface area contributed by atoms with Gasteiger partial charge in [-0.15, -0.1) is 0 Å². The lowest BCUT2D eigenvalue weighted by Gasteiger charge is -2.24. The first-order valence-corrected chi connectivity index (χ1v) is 6.37. The zero-order valence-electron chi connectivity index (χ0n) is 10.9. The van der Waals surface area contributed by atoms with E-state index in [-0.39, 0.29) is 0 Å². The third kappa shape index (κ3) is 4.12. The first-order chi connectivity index (χ1) is 8.74. The van der Waals surface area contributed by atoms with Gasteiger partial charge in [-0.05, 0) is 13.8 Å². The molecule has 0 radical (unpaired) electrons. The fraction of sp³-hybridized carbons (Fsp3) is 0.667. The van der Waals surface area contributed by atoms with Crippen LogP contribution in [0.1, 0.15) is 13.8 Å². The van der Waals surface area contributed by atoms with Crippen molar-refractivity contribution in [3.63, 3.8) is 0 Å². The molecule has 1 atom stereocenters. The summed E-state index contributed by atoms with van der Waals surface area (Å²) in [5, 5.41) is 9.94. The molecular weight excluding hydrogens is 230 g/mol. The van der Waals surface area contributed by atoms with Crippen molar-refractivity contribution in [3.8, 4) is 0 Å². The van der Waals surface area contributed by atoms with Crippen molar-refractivity contribution in [3.05, 3.63) is 12.4 Å². The molecule has 0 aliphatic carbocycles. The first kappa shape index (κ1) is 13.0. The highest BCUT2D eigenvalue weighted by molar-refractivity contribution is 5.46. The van der Waals surface area contributed by atoms with Gasteiger partial charge in [-0.3, -0.25) is 0 Å². The van der Waals surface area contributed by atoms with E-state index in [1.165, 1.54) is 0 Å². The number of morpholine rings is 1. The summed E-state index contributed by atoms with van der Waals surface area (Å²) in [5.41, 5.74) is 0. The van der Waals surface area contributed by atoms with Crippen LogP contribution in [0.4, 0.5) is 11.6 Å². The van der Waals surface area contributed by atoms with E-state index in [0.717, 1.165) is 37.9 Å². The summed E-state index contributed by atoms with van der Waals surface area (Å²) >= 11 is 0. The molecule has 0 bridgehead atoms. The van der Waals surface area contributed by atoms with Crippen LogP contribution >= 0.6 is 0 Å². The van der Waals surface area contributed by atoms with Gasteiger partial charge in [0, 0.05) is 31.2 Å². The Labute approximate surface area is 108 Å². The number of rotatable bonds is 5. The molecule has 0 amide bonds. The SMILES string of the molecule is CC(C)Nc1cc(NCC2COCCN2)ncn1. The predicted molar refractivity (Wildman–Crippen MR) is 71.9 cm³/mol. The zero-order valence-corrected chi connectivity index (χ0v) is 10.9. The van der Waals surface area contributed by atoms with Gasteiger partial charge >= 0.3 is 0 Å². The Bertz CT molecular complexity index is 365. The molecule has 2 heterocycles. The highest BCUT2D eigenvalue weighted by Crippen LogP contribution is 2.09. The van der Waals surface area contributed by atoms with Crippen molar-refractivity contribution in [2.24, 2.45) is 0 Å². The second-order valence-electron chi connectivity index (χ2n) is 4.69. The molecule has 1 aliphatic heterocycles. The highest BCUT2D eigenvalue weighted by Gasteiger charge is 2.12. The van der Waals surface area contributed by atoms with E-state index in [2.05, 4.69) is 39.8 Å². The van der Waals surface area contributed by atoms with Crippen molar-refractivity contribution in [1.29, 1.82) is 0 Å². The van der Waals surface area contributed by atoms with Gasteiger partial charge in [0.25, 0.3) is 0 Å². The van der Waals surface area contributed by atoms with Gasteiger partial charge < -0.3 is 20.7 Å². The van der Waals surface area contributed by atoms with Crippen LogP contribution in [-0.4, -0.2) is 48.4 Å². The molecule has 1 aromatic rings. The van der Waals surface area contributed by atoms with Gasteiger partial charge in [0.05, 0.1) is 13.2 Å². The minimum Gasteiger partial charge on any atom is -0.378 e. The second-order valence-corrected chi connectivity index (χ2v) is 4.69. The van der Waals surface area contributed by atoms with Crippen LogP contribution in [0.2, 0.25) is 0 Å². The molecule has 18 heavy (non-hydrogen) atoms. The third-order valence-corrected chi connectivity index (χ3v) is 2.63. The minimum absolute atomic E-state index is 0.343. The first-order valence-electron chi connectivity index (χ1n) is 6.37. The van der Waals surface area contributed by atoms with E-state index in [1.807, 2.05) is 6.07 Å². The topological polar surface area (TPSA) is 71.1 Å². The fourth-order valence-corrected chi connectivity index (χ4v) is 1.81. The molecule has 1 aliphatic rings. The molecule has 3 N–H and O–H groups in total. The molecule has 0 spiro atoms. The smallest absolute Gasteiger partial charge is 0.131 e. The standard InChI is InChI=1S/C12H21N5O/c1-9(2)17-12-5-11(15-8-16-12)14-6-10-7-18-4-3-13-10/h5,8-10,13H,3-4,6-7H2,1-2H3,(H2,14,15,16,17). The van der Waals surface area contributed by atoms with E-state index >= 15 is 0 Å². The maximum atomic E-state index is 5.40. The summed E-state index contributed by atoms with van der Waals surface area (Å²) in [6, 6.07) is 2.63. The number of nitrogens with zero attached hydrogens (tertiary/aromatic N) is 2. The lowest BCUT2D eigenvalue weighted by atomic mass is 10.3. The summed E-state index contributed by atoms with van der Waals surface area (Å²) in [7, 11) is 0. The number of nitrogens with one attached hydrogen (secondary N) is 3. The average molecular weight is 251 g/mol. The Balaban J connectivity index is 1.84. The van der Waals surface area contributed by atoms with E-state index < -0.39 is 0 Å². The van der Waals surface area contributed by atoms with E-state index in [4.69, 9.17) is 4.74 Å². The maximum Gasteiger partial charge on any atom is 0.131 e. The quantitative estimate of drug-likeness (QED) is 0.715. The zero-order chi connectivity index (χ0) is 12.8. The lowest BCUT2D eigenvalue weighted by molar-refractivity contribution is 0.0806. The molecule has 0 aromatic carbocycles. The fourth-order valence-electron chi connectivity index (χ4n) is 1.81. The Morgan fingerprint density at radius 3 is 3.00 bits per heavy atom. The molecule has 100 valence electrons. The number of anilines is 2. The van der Waals surface area contributed by atoms with Crippen molar-refractivity contribution in [1.82, 2.24) is 15.3 Å². The molecule has 2 rings (SSSR count). The lowest BCUT2D eigenvalue weighted by Crippen LogP contribution is -2.45. The van der Waals surface area contributed by atoms with Gasteiger partial charge in [0.2, 0.25) is 0 Å². The summed E-state index contributed by atoms with van der Waals surface area (Å²) < 4.78 is 5.40. The van der Waals surface area contributed by atoms with Crippen LogP contribution in [0.15, 0.2) is 12.4 Å². The van der Waals surface area contributed by atoms with E-state index in [9.17, 15) is 0 Å². The normalized spacial score (nSPS) is 19.8. The van der Waals surface area contributed by atoms with Gasteiger partial charge in [-0.2, -0.15) is 0 Å². The van der Waals surface area contributed by atoms with Gasteiger partial charge in [-0.25, -0.2) is 9.97 Å². The Kier molecular flexibility index (Phi) is 4.72. The molecule has 0 saturated carbocycles. The van der Waals surface area contributed by atoms with Gasteiger partial charge in [0.15, 0.2) is 0 Å². The van der Waals surface area contributed by atoms with Crippen molar-refractivity contribution >= 4 is 11.6 Å². The molecule has 1 saturated heterocycles. The van der Waals surface area contributed by atoms with E-state index in [0.29, 0.717) is 12.1 Å². The molecular formula is C12H21N5O. The van der Waals surface area contributed by atoms with Crippen LogP contribution in [0.25, 0.3) is 0 Å². The van der Waals surface area contributed by atoms with Gasteiger partial charge in [0.1, 0.15) is 18.0 Å². The molecule has 6 nitrogen and oxygen atoms in total. The van der Waals surface area contributed by atoms with Crippen LogP contribution in [0.3, 0.4) is 0 Å². The maximum absolute atomic E-state index is 5.40. The Morgan fingerprint density at radius 2 is 2.28 bits per heavy atom. The minimum atomic E-state index is 0.343. The summed E-state index contributed by atoms with van der Waals surface area (Å²) in [5.74, 6) is 1.68. The average Bonchev–Trinajstić information content (AvgIpc) is 2.37. The van der Waals surface area contributed by atoms with Crippen molar-refractivity contribution in [2.45, 2.75) is 25.9 Å². The molecule has 1 aromatic heterocycles. The van der Waals surface area contributed by atoms with E-state index in [1.54, 1.807) is 6.33 Å². The largest absolute Gasteiger partial charge is 0.378 e. The monoisotopic (exact) mass is 251 g/mol. The van der Waals surface area contributed by atoms with Gasteiger partial charge in [-0.1, -0.05) is 0 Å². The highest BCUT2D eigenvalue weighted by atomic mass is 16.5. The number of ether oxygens (including phenoxy) is 1. The Morgan fingerprint density at radius 1 is 1.44 bits per heavy atom. The molecule has 1 unspecified atom stereocenters. The Hall–Kier alpha value is -1.40. The van der Waals surface area contributed by atoms with Crippen LogP contribution < -0.4 is 16.0 Å². The van der Waals surface area contributed by atoms with Crippen molar-refractivity contribution < 1.29 is 4.74 Å². The van der Waals surface area contributed by atoms with Crippen LogP contribution in [0.5, 0.6) is 0 Å². The summed E-state index contributed by atoms with van der Waals surface area (Å²) in [6.07, 6.45) is 1.57. The number of hydrogen-bond donors (Lipinski definition) is 3. The van der Waals surface area contributed by atoms with Crippen LogP contribution in [-0.2, 0) is 4.74 Å². The summed E-state index contributed by atoms with van der Waals surface area (Å²) in [4.78, 5) is 8.37. The molecule has 1 fully saturated rings. The second kappa shape index (κ2) is 6.51. The number of aromatic nitrogens is 2.